The summed E-state index contributed by atoms with van der Waals surface area (Å²) in [6.07, 6.45) is 5.63. The van der Waals surface area contributed by atoms with E-state index in [1.54, 1.807) is 29.8 Å². The standard InChI is InChI=1S/C25H4.C19H23FOS.FHO2.H2S.15H2/c1-3-5-7-9-11-13-15-17-19-21-23-25-24-22-20-18-16-14-12-10-8-6-4-2;1-14-5-4-6-15(9-14)10-16-11-17(20)7-8-18(16)22-13-19(2,3)12-21;1-3-2;;;;;;;;;;;;;;;;/h1H,2H3;4-9,11,21H,10,12-13H2,1-3H3;2H;1H2;15*1H. The maximum absolute atomic E-state index is 13.6. The number of halogens is 2. The van der Waals surface area contributed by atoms with Crippen LogP contribution in [-0.4, -0.2) is 22.7 Å². The molecule has 0 heterocycles. The number of thioether (sulfide) groups is 1. The number of hydrogen-bond acceptors (Lipinski definition) is 4. The van der Waals surface area contributed by atoms with Gasteiger partial charge in [-0.2, -0.15) is 13.5 Å². The molecule has 0 aliphatic carbocycles. The molecular weight excluding hydrogens is 679 g/mol. The van der Waals surface area contributed by atoms with E-state index in [0.717, 1.165) is 22.6 Å². The third kappa shape index (κ3) is 28.3. The zero-order chi connectivity index (χ0) is 37.1. The van der Waals surface area contributed by atoms with Gasteiger partial charge in [-0.3, -0.25) is 0 Å². The summed E-state index contributed by atoms with van der Waals surface area (Å²) in [5.74, 6) is 57.5. The molecule has 0 spiro atoms. The fourth-order valence-corrected chi connectivity index (χ4v) is 4.00. The van der Waals surface area contributed by atoms with Crippen molar-refractivity contribution < 1.29 is 45.8 Å². The minimum atomic E-state index is -0.201. The van der Waals surface area contributed by atoms with E-state index in [9.17, 15) is 14.0 Å². The lowest BCUT2D eigenvalue weighted by atomic mass is 9.98. The van der Waals surface area contributed by atoms with Crippen LogP contribution in [0.3, 0.4) is 0 Å². The number of aliphatic hydroxyl groups excluding tert-OH is 1. The van der Waals surface area contributed by atoms with Gasteiger partial charge in [0.2, 0.25) is 0 Å². The Morgan fingerprint density at radius 1 is 0.745 bits per heavy atom. The SMILES string of the molecule is C#CC#CC#CC#CC#CC#CC#CC#CC#CC#CC#CC#CC.Cc1cccc(Cc2cc(F)ccc2SCC(C)(C)CO)c1.OOF.S.[HH].[HH].[HH].[HH].[HH].[HH].[HH].[HH].[HH].[HH].[HH].[HH].[HH].[HH].[HH]. The smallest absolute Gasteiger partial charge is 0.123 e. The first-order valence-electron chi connectivity index (χ1n) is 14.1. The highest BCUT2D eigenvalue weighted by Gasteiger charge is 2.18. The number of aliphatic hydroxyl groups is 1. The summed E-state index contributed by atoms with van der Waals surface area (Å²) in [6, 6.07) is 13.3. The molecule has 0 aliphatic rings. The van der Waals surface area contributed by atoms with Crippen molar-refractivity contribution >= 4 is 25.3 Å². The first kappa shape index (κ1) is 46.7. The van der Waals surface area contributed by atoms with Crippen LogP contribution >= 0.6 is 25.3 Å². The summed E-state index contributed by atoms with van der Waals surface area (Å²) < 4.78 is 23.0. The highest BCUT2D eigenvalue weighted by atomic mass is 32.2. The Morgan fingerprint density at radius 3 is 1.57 bits per heavy atom. The molecule has 2 N–H and O–H groups in total. The molecule has 0 radical (unpaired) electrons. The van der Waals surface area contributed by atoms with Crippen LogP contribution in [0.1, 0.15) is 58.9 Å². The molecule has 280 valence electrons. The molecule has 0 saturated carbocycles. The molecule has 0 fully saturated rings. The van der Waals surface area contributed by atoms with Gasteiger partial charge in [-0.25, -0.2) is 9.65 Å². The van der Waals surface area contributed by atoms with Crippen LogP contribution in [0, 0.1) is 161 Å². The van der Waals surface area contributed by atoms with Gasteiger partial charge in [0, 0.05) is 74.2 Å². The van der Waals surface area contributed by atoms with Gasteiger partial charge in [-0.05, 0) is 159 Å². The van der Waals surface area contributed by atoms with Crippen LogP contribution in [0.25, 0.3) is 0 Å². The Labute approximate surface area is 335 Å². The number of hydrogen-bond donors (Lipinski definition) is 2. The Kier molecular flexibility index (Phi) is 29.5. The van der Waals surface area contributed by atoms with E-state index in [1.807, 2.05) is 26.0 Å². The minimum Gasteiger partial charge on any atom is -0.396 e. The van der Waals surface area contributed by atoms with Gasteiger partial charge in [-0.1, -0.05) is 49.6 Å². The average Bonchev–Trinajstić information content (AvgIpc) is 3.09. The molecule has 2 rings (SSSR count). The third-order valence-corrected chi connectivity index (χ3v) is 6.63. The monoisotopic (exact) mass is 738 g/mol. The van der Waals surface area contributed by atoms with E-state index in [1.165, 1.54) is 17.2 Å². The van der Waals surface area contributed by atoms with Gasteiger partial charge < -0.3 is 5.11 Å². The molecule has 0 saturated heterocycles. The average molecular weight is 739 g/mol. The zero-order valence-corrected chi connectivity index (χ0v) is 30.0. The van der Waals surface area contributed by atoms with Gasteiger partial charge in [-0.15, -0.1) is 18.2 Å². The second-order valence-corrected chi connectivity index (χ2v) is 10.6. The van der Waals surface area contributed by atoms with Gasteiger partial charge >= 0.3 is 0 Å². The highest BCUT2D eigenvalue weighted by molar-refractivity contribution is 7.99. The maximum atomic E-state index is 13.6. The van der Waals surface area contributed by atoms with E-state index >= 15 is 0 Å². The number of terminal acetylenes is 1. The summed E-state index contributed by atoms with van der Waals surface area (Å²) in [4.78, 5) is 1.09. The molecule has 0 atom stereocenters. The Morgan fingerprint density at radius 2 is 1.18 bits per heavy atom. The topological polar surface area (TPSA) is 49.7 Å². The molecule has 2 aromatic rings. The maximum Gasteiger partial charge on any atom is 0.123 e. The first-order chi connectivity index (χ1) is 24.2. The molecule has 0 bridgehead atoms. The van der Waals surface area contributed by atoms with Crippen LogP contribution in [-0.2, 0) is 11.5 Å². The van der Waals surface area contributed by atoms with Gasteiger partial charge in [0.1, 0.15) is 5.82 Å². The molecular formula is C44H60F2O3S2. The second kappa shape index (κ2) is 32.2. The molecule has 0 unspecified atom stereocenters. The lowest BCUT2D eigenvalue weighted by Gasteiger charge is -2.21. The number of benzene rings is 2. The summed E-state index contributed by atoms with van der Waals surface area (Å²) in [7, 11) is 0. The fraction of sp³-hybridized carbons (Fsp3) is 0.182. The molecule has 0 amide bonds. The van der Waals surface area contributed by atoms with Crippen LogP contribution in [0.5, 0.6) is 0 Å². The Balaban J connectivity index is -0.0000000372. The lowest BCUT2D eigenvalue weighted by Crippen LogP contribution is -2.19. The fourth-order valence-electron chi connectivity index (χ4n) is 2.88. The summed E-state index contributed by atoms with van der Waals surface area (Å²) in [6.45, 7) is 7.97. The van der Waals surface area contributed by atoms with E-state index in [0.29, 0.717) is 0 Å². The second-order valence-electron chi connectivity index (χ2n) is 9.62. The van der Waals surface area contributed by atoms with Gasteiger partial charge in [0.25, 0.3) is 0 Å². The van der Waals surface area contributed by atoms with E-state index in [-0.39, 0.29) is 52.7 Å². The summed E-state index contributed by atoms with van der Waals surface area (Å²) in [5.41, 5.74) is 3.27. The number of aryl methyl sites for hydroxylation is 1. The van der Waals surface area contributed by atoms with Crippen molar-refractivity contribution in [1.29, 1.82) is 0 Å². The molecule has 51 heavy (non-hydrogen) atoms. The molecule has 2 aromatic carbocycles. The van der Waals surface area contributed by atoms with Crippen molar-refractivity contribution in [2.24, 2.45) is 5.41 Å². The van der Waals surface area contributed by atoms with Crippen LogP contribution < -0.4 is 0 Å². The Bertz CT molecular complexity index is 2270. The summed E-state index contributed by atoms with van der Waals surface area (Å²) >= 11 is 1.68. The number of rotatable bonds is 6. The van der Waals surface area contributed by atoms with Crippen LogP contribution in [0.4, 0.5) is 8.92 Å². The van der Waals surface area contributed by atoms with Crippen LogP contribution in [0.15, 0.2) is 47.4 Å². The van der Waals surface area contributed by atoms with Crippen molar-refractivity contribution in [3.05, 3.63) is 65.0 Å². The first-order valence-corrected chi connectivity index (χ1v) is 15.1. The van der Waals surface area contributed by atoms with Gasteiger partial charge in [0.15, 0.2) is 0 Å². The molecule has 0 aliphatic heterocycles. The molecule has 0 aromatic heterocycles. The summed E-state index contributed by atoms with van der Waals surface area (Å²) in [5, 5.41) is 17.5. The highest BCUT2D eigenvalue weighted by Crippen LogP contribution is 2.31. The molecule has 7 heteroatoms. The lowest BCUT2D eigenvalue weighted by molar-refractivity contribution is -0.397. The Hall–Kier alpha value is -6.40. The zero-order valence-electron chi connectivity index (χ0n) is 28.2. The van der Waals surface area contributed by atoms with Crippen LogP contribution in [0.2, 0.25) is 0 Å². The van der Waals surface area contributed by atoms with E-state index in [2.05, 4.69) is 161 Å². The predicted molar refractivity (Wildman–Crippen MR) is 239 cm³/mol. The normalized spacial score (nSPS) is 7.27. The van der Waals surface area contributed by atoms with Crippen molar-refractivity contribution in [3.8, 4) is 143 Å². The minimum absolute atomic E-state index is 0. The quantitative estimate of drug-likeness (QED) is 0.134. The van der Waals surface area contributed by atoms with E-state index < -0.39 is 0 Å². The van der Waals surface area contributed by atoms with E-state index in [4.69, 9.17) is 11.7 Å². The van der Waals surface area contributed by atoms with Crippen molar-refractivity contribution in [3.63, 3.8) is 0 Å². The van der Waals surface area contributed by atoms with Crippen molar-refractivity contribution in [1.82, 2.24) is 0 Å². The van der Waals surface area contributed by atoms with Crippen molar-refractivity contribution in [2.75, 3.05) is 12.4 Å². The predicted octanol–water partition coefficient (Wildman–Crippen LogP) is 9.68. The largest absolute Gasteiger partial charge is 0.396 e. The van der Waals surface area contributed by atoms with Crippen molar-refractivity contribution in [2.45, 2.75) is 39.0 Å². The molecule has 3 nitrogen and oxygen atoms in total. The van der Waals surface area contributed by atoms with Gasteiger partial charge in [0.05, 0.1) is 0 Å². The third-order valence-electron chi connectivity index (χ3n) is 4.99.